The van der Waals surface area contributed by atoms with Gasteiger partial charge >= 0.3 is 0 Å². The van der Waals surface area contributed by atoms with Gasteiger partial charge in [0, 0.05) is 11.6 Å². The van der Waals surface area contributed by atoms with Gasteiger partial charge in [0.2, 0.25) is 10.9 Å². The lowest BCUT2D eigenvalue weighted by atomic mass is 10.2. The number of furan rings is 1. The molecule has 0 aliphatic rings. The minimum absolute atomic E-state index is 0.111. The highest BCUT2D eigenvalue weighted by atomic mass is 32.2. The van der Waals surface area contributed by atoms with Gasteiger partial charge in [-0.25, -0.2) is 8.42 Å². The summed E-state index contributed by atoms with van der Waals surface area (Å²) in [6.07, 6.45) is 1.57. The Hall–Kier alpha value is -2.46. The van der Waals surface area contributed by atoms with Gasteiger partial charge in [0.25, 0.3) is 10.0 Å². The summed E-state index contributed by atoms with van der Waals surface area (Å²) in [4.78, 5) is 0. The maximum Gasteiger partial charge on any atom is 0.274 e. The molecule has 26 heavy (non-hydrogen) atoms. The lowest BCUT2D eigenvalue weighted by Crippen LogP contribution is -2.29. The van der Waals surface area contributed by atoms with E-state index < -0.39 is 16.1 Å². The summed E-state index contributed by atoms with van der Waals surface area (Å²) in [5, 5.41) is 11.5. The minimum atomic E-state index is -3.88. The predicted octanol–water partition coefficient (Wildman–Crippen LogP) is 2.76. The molecule has 0 unspecified atom stereocenters. The molecule has 0 radical (unpaired) electrons. The van der Waals surface area contributed by atoms with Crippen molar-refractivity contribution in [3.05, 3.63) is 35.5 Å². The van der Waals surface area contributed by atoms with Crippen LogP contribution in [0, 0.1) is 13.8 Å². The van der Waals surface area contributed by atoms with Gasteiger partial charge in [-0.2, -0.15) is 4.72 Å². The number of sulfonamides is 1. The SMILES string of the molecule is Cc1noc(-c2ccc(S(=O)(=O)N[C@@H](C)c3nncn3C(C)C)o2)c1C. The van der Waals surface area contributed by atoms with Crippen molar-refractivity contribution in [3.63, 3.8) is 0 Å². The molecule has 0 aromatic carbocycles. The fourth-order valence-corrected chi connectivity index (χ4v) is 3.67. The van der Waals surface area contributed by atoms with Crippen molar-refractivity contribution in [2.45, 2.75) is 51.8 Å². The molecule has 0 spiro atoms. The van der Waals surface area contributed by atoms with E-state index in [1.165, 1.54) is 6.07 Å². The molecule has 0 saturated heterocycles. The summed E-state index contributed by atoms with van der Waals surface area (Å²) >= 11 is 0. The largest absolute Gasteiger partial charge is 0.440 e. The van der Waals surface area contributed by atoms with Gasteiger partial charge in [0.1, 0.15) is 6.33 Å². The Kier molecular flexibility index (Phi) is 4.72. The monoisotopic (exact) mass is 379 g/mol. The summed E-state index contributed by atoms with van der Waals surface area (Å²) < 4.78 is 40.4. The summed E-state index contributed by atoms with van der Waals surface area (Å²) in [6.45, 7) is 9.27. The molecule has 0 saturated carbocycles. The van der Waals surface area contributed by atoms with E-state index in [1.807, 2.05) is 20.8 Å². The molecular weight excluding hydrogens is 358 g/mol. The Morgan fingerprint density at radius 1 is 1.19 bits per heavy atom. The van der Waals surface area contributed by atoms with Crippen LogP contribution in [-0.4, -0.2) is 28.3 Å². The first-order chi connectivity index (χ1) is 12.2. The number of nitrogens with zero attached hydrogens (tertiary/aromatic N) is 4. The number of hydrogen-bond donors (Lipinski definition) is 1. The topological polar surface area (TPSA) is 116 Å². The van der Waals surface area contributed by atoms with Crippen molar-refractivity contribution < 1.29 is 17.4 Å². The average Bonchev–Trinajstić information content (AvgIpc) is 3.28. The van der Waals surface area contributed by atoms with E-state index in [9.17, 15) is 8.42 Å². The maximum atomic E-state index is 12.6. The molecule has 0 bridgehead atoms. The number of aromatic nitrogens is 4. The Balaban J connectivity index is 1.85. The van der Waals surface area contributed by atoms with Gasteiger partial charge in [0.15, 0.2) is 11.6 Å². The van der Waals surface area contributed by atoms with Crippen molar-refractivity contribution in [1.29, 1.82) is 0 Å². The third kappa shape index (κ3) is 3.29. The first kappa shape index (κ1) is 18.3. The summed E-state index contributed by atoms with van der Waals surface area (Å²) in [6, 6.07) is 2.46. The number of rotatable bonds is 6. The Bertz CT molecular complexity index is 1020. The second-order valence-electron chi connectivity index (χ2n) is 6.37. The molecule has 1 N–H and O–H groups in total. The minimum Gasteiger partial charge on any atom is -0.440 e. The summed E-state index contributed by atoms with van der Waals surface area (Å²) in [5.41, 5.74) is 1.52. The van der Waals surface area contributed by atoms with Gasteiger partial charge < -0.3 is 13.5 Å². The Labute approximate surface area is 151 Å². The molecule has 9 nitrogen and oxygen atoms in total. The molecule has 3 aromatic rings. The van der Waals surface area contributed by atoms with Crippen LogP contribution in [0.25, 0.3) is 11.5 Å². The lowest BCUT2D eigenvalue weighted by molar-refractivity contribution is 0.396. The number of nitrogens with one attached hydrogen (secondary N) is 1. The molecule has 0 amide bonds. The molecule has 3 rings (SSSR count). The standard InChI is InChI=1S/C16H21N5O4S/c1-9(2)21-8-17-18-16(21)12(5)20-26(22,23)14-7-6-13(24-14)15-10(3)11(4)19-25-15/h6-9,12,20H,1-5H3/t12-/m0/s1. The highest BCUT2D eigenvalue weighted by Crippen LogP contribution is 2.29. The van der Waals surface area contributed by atoms with Crippen LogP contribution in [0.3, 0.4) is 0 Å². The van der Waals surface area contributed by atoms with Crippen LogP contribution in [0.5, 0.6) is 0 Å². The van der Waals surface area contributed by atoms with E-state index in [-0.39, 0.29) is 11.1 Å². The molecule has 0 aliphatic heterocycles. The third-order valence-corrected chi connectivity index (χ3v) is 5.52. The molecule has 1 atom stereocenters. The van der Waals surface area contributed by atoms with E-state index >= 15 is 0 Å². The first-order valence-corrected chi connectivity index (χ1v) is 9.64. The van der Waals surface area contributed by atoms with Gasteiger partial charge in [-0.05, 0) is 46.8 Å². The fourth-order valence-electron chi connectivity index (χ4n) is 2.53. The number of aryl methyl sites for hydroxylation is 1. The zero-order chi connectivity index (χ0) is 19.1. The van der Waals surface area contributed by atoms with Crippen LogP contribution in [0.4, 0.5) is 0 Å². The van der Waals surface area contributed by atoms with E-state index in [2.05, 4.69) is 20.1 Å². The van der Waals surface area contributed by atoms with Gasteiger partial charge in [0.05, 0.1) is 11.7 Å². The van der Waals surface area contributed by atoms with Crippen molar-refractivity contribution in [1.82, 2.24) is 24.6 Å². The van der Waals surface area contributed by atoms with Gasteiger partial charge in [-0.15, -0.1) is 10.2 Å². The van der Waals surface area contributed by atoms with Crippen molar-refractivity contribution in [2.75, 3.05) is 0 Å². The molecule has 140 valence electrons. The Morgan fingerprint density at radius 3 is 2.54 bits per heavy atom. The van der Waals surface area contributed by atoms with Crippen LogP contribution in [-0.2, 0) is 10.0 Å². The van der Waals surface area contributed by atoms with Crippen LogP contribution in [0.2, 0.25) is 0 Å². The molecule has 10 heteroatoms. The van der Waals surface area contributed by atoms with Crippen LogP contribution >= 0.6 is 0 Å². The molecule has 0 fully saturated rings. The fraction of sp³-hybridized carbons (Fsp3) is 0.438. The highest BCUT2D eigenvalue weighted by Gasteiger charge is 2.26. The van der Waals surface area contributed by atoms with Crippen molar-refractivity contribution >= 4 is 10.0 Å². The van der Waals surface area contributed by atoms with Crippen LogP contribution in [0.1, 0.15) is 49.9 Å². The molecular formula is C16H21N5O4S. The van der Waals surface area contributed by atoms with Crippen molar-refractivity contribution in [2.24, 2.45) is 0 Å². The predicted molar refractivity (Wildman–Crippen MR) is 92.8 cm³/mol. The summed E-state index contributed by atoms with van der Waals surface area (Å²) in [7, 11) is -3.88. The molecule has 3 heterocycles. The van der Waals surface area contributed by atoms with Gasteiger partial charge in [-0.3, -0.25) is 0 Å². The third-order valence-electron chi connectivity index (χ3n) is 4.10. The zero-order valence-corrected chi connectivity index (χ0v) is 16.0. The molecule has 3 aromatic heterocycles. The highest BCUT2D eigenvalue weighted by molar-refractivity contribution is 7.89. The average molecular weight is 379 g/mol. The van der Waals surface area contributed by atoms with E-state index in [4.69, 9.17) is 8.94 Å². The van der Waals surface area contributed by atoms with Crippen LogP contribution < -0.4 is 4.72 Å². The second kappa shape index (κ2) is 6.69. The zero-order valence-electron chi connectivity index (χ0n) is 15.2. The number of hydrogen-bond acceptors (Lipinski definition) is 7. The van der Waals surface area contributed by atoms with Gasteiger partial charge in [-0.1, -0.05) is 5.16 Å². The first-order valence-electron chi connectivity index (χ1n) is 8.15. The van der Waals surface area contributed by atoms with E-state index in [0.717, 1.165) is 11.3 Å². The van der Waals surface area contributed by atoms with Crippen LogP contribution in [0.15, 0.2) is 32.5 Å². The lowest BCUT2D eigenvalue weighted by Gasteiger charge is -2.16. The van der Waals surface area contributed by atoms with E-state index in [1.54, 1.807) is 30.8 Å². The van der Waals surface area contributed by atoms with Crippen molar-refractivity contribution in [3.8, 4) is 11.5 Å². The second-order valence-corrected chi connectivity index (χ2v) is 8.02. The quantitative estimate of drug-likeness (QED) is 0.700. The van der Waals surface area contributed by atoms with E-state index in [0.29, 0.717) is 17.3 Å². The summed E-state index contributed by atoms with van der Waals surface area (Å²) in [5.74, 6) is 1.25. The maximum absolute atomic E-state index is 12.6. The molecule has 0 aliphatic carbocycles. The smallest absolute Gasteiger partial charge is 0.274 e. The normalized spacial score (nSPS) is 13.5. The Morgan fingerprint density at radius 2 is 1.92 bits per heavy atom.